The van der Waals surface area contributed by atoms with Gasteiger partial charge < -0.3 is 55.0 Å². The number of rotatable bonds is 26. The standard InChI is InChI=1S/C65H89Br2ClFN5O15/c1-36(2)46(30-45(75)18-13-14-23-63(7,8)89-61(82)44(34-66)35-67)58(79)72-48(19-16-24-71-62(70)83)50(76)29-42-21-22-43(28-47(42)69)59(80)73(10)40(6)60(81)87-53-31-54(77)74(11)49-27-41(26-38(4)56(49)68)25-37(3)17-15-20-52(85-12)65(84)32-51(86-55(78)33-65)39(5)57-64(53,9)88-57/h15,17,20-22,26-28,36,39-40,44,46,48,51-53,57,84H,13-14,16,18-19,23-25,29-35H2,1-12H3,(H,72,79)(H3,70,71,83)/b20-15+,37-17+/t39-,40+,46+,48+,51+,52-,53+,57+,64+,65-/m1/s1. The highest BCUT2D eigenvalue weighted by Crippen LogP contribution is 2.50. The zero-order valence-corrected chi connectivity index (χ0v) is 57.1. The number of halogens is 4. The molecule has 492 valence electrons. The Kier molecular flexibility index (Phi) is 27.2. The number of esters is 3. The van der Waals surface area contributed by atoms with E-state index in [0.717, 1.165) is 22.1 Å². The highest BCUT2D eigenvalue weighted by atomic mass is 79.9. The largest absolute Gasteiger partial charge is 0.462 e. The maximum absolute atomic E-state index is 16.2. The molecule has 3 aliphatic heterocycles. The van der Waals surface area contributed by atoms with Gasteiger partial charge in [-0.25, -0.2) is 14.0 Å². The lowest BCUT2D eigenvalue weighted by molar-refractivity contribution is -0.187. The molecule has 3 aliphatic rings. The molecule has 20 nitrogen and oxygen atoms in total. The van der Waals surface area contributed by atoms with E-state index in [9.17, 15) is 48.3 Å². The van der Waals surface area contributed by atoms with Crippen molar-refractivity contribution in [1.29, 1.82) is 0 Å². The van der Waals surface area contributed by atoms with Crippen molar-refractivity contribution in [1.82, 2.24) is 15.5 Å². The SMILES string of the molecule is CO[C@@H]1/C=C/C=C(\C)Cc2cc(C)c(Cl)c(c2)N(C)C(=O)C[C@H](OC(=O)[C@H](C)N(C)C(=O)c2ccc(CC(=O)[C@H](CCCNC(N)=O)NC(=O)[C@@H](CC(=O)CCCCC(C)(C)OC(=O)C(CBr)CBr)C(C)C)c(F)c2)[C@]2(C)O[C@H]2[C@H](C)[C@@H]2C[C@@]1(O)CC(=O)O2. The van der Waals surface area contributed by atoms with Gasteiger partial charge in [-0.15, -0.1) is 0 Å². The number of fused-ring (bicyclic) bond motifs is 5. The third-order valence-corrected chi connectivity index (χ3v) is 19.3. The molecular formula is C65H89Br2ClFN5O15. The third kappa shape index (κ3) is 20.2. The minimum atomic E-state index is -1.67. The van der Waals surface area contributed by atoms with Gasteiger partial charge in [-0.3, -0.25) is 33.6 Å². The molecule has 10 atom stereocenters. The van der Waals surface area contributed by atoms with Crippen LogP contribution in [0.5, 0.6) is 0 Å². The molecule has 2 aromatic rings. The summed E-state index contributed by atoms with van der Waals surface area (Å²) in [6, 6.07) is 3.90. The number of alkyl halides is 2. The summed E-state index contributed by atoms with van der Waals surface area (Å²) < 4.78 is 46.0. The predicted molar refractivity (Wildman–Crippen MR) is 341 cm³/mol. The van der Waals surface area contributed by atoms with Crippen molar-refractivity contribution >= 4 is 102 Å². The van der Waals surface area contributed by atoms with Crippen LogP contribution in [-0.4, -0.2) is 155 Å². The first kappa shape index (κ1) is 74.1. The van der Waals surface area contributed by atoms with Crippen molar-refractivity contribution in [2.45, 2.75) is 193 Å². The van der Waals surface area contributed by atoms with Crippen LogP contribution in [0.1, 0.15) is 147 Å². The maximum Gasteiger partial charge on any atom is 0.328 e. The van der Waals surface area contributed by atoms with Crippen LogP contribution in [0.2, 0.25) is 5.02 Å². The Morgan fingerprint density at radius 1 is 1.02 bits per heavy atom. The minimum absolute atomic E-state index is 0.0247. The van der Waals surface area contributed by atoms with Gasteiger partial charge in [0.05, 0.1) is 41.6 Å². The number of carbonyl (C=O) groups excluding carboxylic acids is 9. The fraction of sp³-hybridized carbons (Fsp3) is 0.615. The van der Waals surface area contributed by atoms with E-state index in [4.69, 9.17) is 41.0 Å². The minimum Gasteiger partial charge on any atom is -0.462 e. The summed E-state index contributed by atoms with van der Waals surface area (Å²) in [5.41, 5.74) is 4.08. The molecule has 2 aromatic carbocycles. The number of amides is 5. The number of primary amides is 1. The Morgan fingerprint density at radius 2 is 1.71 bits per heavy atom. The van der Waals surface area contributed by atoms with Crippen LogP contribution in [-0.2, 0) is 70.1 Å². The number of likely N-dealkylation sites (N-methyl/N-ethyl adjacent to an activating group) is 1. The van der Waals surface area contributed by atoms with Crippen molar-refractivity contribution in [2.24, 2.45) is 29.4 Å². The number of aryl methyl sites for hydroxylation is 1. The molecule has 5 rings (SSSR count). The van der Waals surface area contributed by atoms with E-state index in [1.165, 1.54) is 38.1 Å². The van der Waals surface area contributed by atoms with Crippen LogP contribution in [0.25, 0.3) is 0 Å². The smallest absolute Gasteiger partial charge is 0.328 e. The highest BCUT2D eigenvalue weighted by Gasteiger charge is 2.64. The number of anilines is 1. The average Bonchev–Trinajstić information content (AvgIpc) is 1.61. The van der Waals surface area contributed by atoms with E-state index in [2.05, 4.69) is 42.5 Å². The second-order valence-electron chi connectivity index (χ2n) is 25.2. The van der Waals surface area contributed by atoms with Gasteiger partial charge in [0.2, 0.25) is 11.8 Å². The molecule has 24 heteroatoms. The number of ether oxygens (including phenoxy) is 5. The number of hydrogen-bond acceptors (Lipinski definition) is 15. The number of aliphatic hydroxyl groups is 1. The summed E-state index contributed by atoms with van der Waals surface area (Å²) in [5, 5.41) is 18.5. The Bertz CT molecular complexity index is 3000. The number of allylic oxidation sites excluding steroid dienone is 3. The first-order valence-electron chi connectivity index (χ1n) is 30.2. The Labute approximate surface area is 543 Å². The number of epoxide rings is 1. The fourth-order valence-corrected chi connectivity index (χ4v) is 13.2. The second-order valence-corrected chi connectivity index (χ2v) is 26.8. The van der Waals surface area contributed by atoms with Gasteiger partial charge in [-0.1, -0.05) is 100 Å². The molecule has 0 spiro atoms. The predicted octanol–water partition coefficient (Wildman–Crippen LogP) is 9.08. The second kappa shape index (κ2) is 32.6. The molecule has 0 unspecified atom stereocenters. The number of carbonyl (C=O) groups is 9. The summed E-state index contributed by atoms with van der Waals surface area (Å²) in [6.45, 7) is 15.8. The number of hydrogen-bond donors (Lipinski definition) is 4. The monoisotopic (exact) mass is 1390 g/mol. The van der Waals surface area contributed by atoms with Crippen LogP contribution in [0.3, 0.4) is 0 Å². The number of benzene rings is 2. The normalized spacial score (nSPS) is 24.2. The number of nitrogens with zero attached hydrogens (tertiary/aromatic N) is 2. The first-order valence-corrected chi connectivity index (χ1v) is 32.8. The summed E-state index contributed by atoms with van der Waals surface area (Å²) in [5.74, 6) is -7.54. The number of Topliss-reactive ketones (excluding diaryl/α,β-unsaturated/α-hetero) is 2. The van der Waals surface area contributed by atoms with Crippen LogP contribution < -0.4 is 21.3 Å². The Balaban J connectivity index is 1.31. The summed E-state index contributed by atoms with van der Waals surface area (Å²) >= 11 is 13.5. The van der Waals surface area contributed by atoms with Crippen LogP contribution in [0.15, 0.2) is 54.1 Å². The first-order chi connectivity index (χ1) is 41.7. The molecule has 89 heavy (non-hydrogen) atoms. The topological polar surface area (TPSA) is 280 Å². The van der Waals surface area contributed by atoms with Crippen molar-refractivity contribution < 1.29 is 76.3 Å². The van der Waals surface area contributed by atoms with Crippen molar-refractivity contribution in [2.75, 3.05) is 43.3 Å². The molecule has 2 fully saturated rings. The van der Waals surface area contributed by atoms with Gasteiger partial charge >= 0.3 is 23.9 Å². The van der Waals surface area contributed by atoms with Crippen molar-refractivity contribution in [3.63, 3.8) is 0 Å². The highest BCUT2D eigenvalue weighted by molar-refractivity contribution is 9.09. The lowest BCUT2D eigenvalue weighted by Crippen LogP contribution is -2.53. The molecule has 3 heterocycles. The van der Waals surface area contributed by atoms with Crippen molar-refractivity contribution in [3.05, 3.63) is 87.2 Å². The Hall–Kier alpha value is -5.59. The number of urea groups is 1. The van der Waals surface area contributed by atoms with E-state index in [0.29, 0.717) is 52.6 Å². The zero-order valence-electron chi connectivity index (χ0n) is 53.1. The number of nitrogens with one attached hydrogen (secondary N) is 2. The molecular weight excluding hydrogens is 1300 g/mol. The molecule has 4 bridgehead atoms. The van der Waals surface area contributed by atoms with Gasteiger partial charge in [-0.2, -0.15) is 0 Å². The van der Waals surface area contributed by atoms with Gasteiger partial charge in [0, 0.05) is 81.5 Å². The molecule has 0 radical (unpaired) electrons. The summed E-state index contributed by atoms with van der Waals surface area (Å²) in [4.78, 5) is 124. The third-order valence-electron chi connectivity index (χ3n) is 17.2. The van der Waals surface area contributed by atoms with E-state index in [-0.39, 0.29) is 79.8 Å². The maximum atomic E-state index is 16.2. The van der Waals surface area contributed by atoms with Crippen molar-refractivity contribution in [3.8, 4) is 0 Å². The molecule has 5 amide bonds. The van der Waals surface area contributed by atoms with E-state index >= 15 is 4.39 Å². The fourth-order valence-electron chi connectivity index (χ4n) is 11.3. The number of ketones is 2. The summed E-state index contributed by atoms with van der Waals surface area (Å²) in [7, 11) is 4.31. The molecule has 2 saturated heterocycles. The van der Waals surface area contributed by atoms with Crippen LogP contribution in [0, 0.1) is 36.4 Å². The van der Waals surface area contributed by atoms with Gasteiger partial charge in [0.1, 0.15) is 52.8 Å². The molecule has 0 aliphatic carbocycles. The van der Waals surface area contributed by atoms with Gasteiger partial charge in [0.25, 0.3) is 5.91 Å². The number of methoxy groups -OCH3 is 1. The average molecular weight is 1390 g/mol. The zero-order chi connectivity index (χ0) is 66.5. The van der Waals surface area contributed by atoms with E-state index < -0.39 is 125 Å². The lowest BCUT2D eigenvalue weighted by Gasteiger charge is -2.41. The van der Waals surface area contributed by atoms with E-state index in [1.54, 1.807) is 53.0 Å². The molecule has 0 aromatic heterocycles. The van der Waals surface area contributed by atoms with Gasteiger partial charge in [-0.05, 0) is 121 Å². The number of nitrogens with two attached hydrogens (primary N) is 1. The Morgan fingerprint density at radius 3 is 2.34 bits per heavy atom. The van der Waals surface area contributed by atoms with E-state index in [1.807, 2.05) is 39.8 Å². The molecule has 0 saturated carbocycles. The lowest BCUT2D eigenvalue weighted by atomic mass is 9.78. The van der Waals surface area contributed by atoms with Crippen LogP contribution >= 0.6 is 43.5 Å². The molecule has 5 N–H and O–H groups in total. The number of unbranched alkanes of at least 4 members (excludes halogenated alkanes) is 1. The van der Waals surface area contributed by atoms with Crippen LogP contribution in [0.4, 0.5) is 14.9 Å². The quantitative estimate of drug-likeness (QED) is 0.0225. The van der Waals surface area contributed by atoms with Gasteiger partial charge in [0.15, 0.2) is 5.78 Å². The summed E-state index contributed by atoms with van der Waals surface area (Å²) in [6.07, 6.45) is 2.51.